The minimum Gasteiger partial charge on any atom is -0.384 e. The van der Waals surface area contributed by atoms with Crippen molar-refractivity contribution in [3.8, 4) is 0 Å². The van der Waals surface area contributed by atoms with Gasteiger partial charge in [0, 0.05) is 23.1 Å². The summed E-state index contributed by atoms with van der Waals surface area (Å²) in [5.74, 6) is 0.464. The quantitative estimate of drug-likeness (QED) is 0.625. The second-order valence-corrected chi connectivity index (χ2v) is 7.73. The Morgan fingerprint density at radius 1 is 1.32 bits per heavy atom. The van der Waals surface area contributed by atoms with Crippen molar-refractivity contribution in [1.29, 1.82) is 5.41 Å². The van der Waals surface area contributed by atoms with Gasteiger partial charge in [-0.25, -0.2) is 8.42 Å². The summed E-state index contributed by atoms with van der Waals surface area (Å²) in [6, 6.07) is 5.44. The highest BCUT2D eigenvalue weighted by Crippen LogP contribution is 2.28. The molecule has 0 saturated carbocycles. The second kappa shape index (κ2) is 5.50. The topological polar surface area (TPSA) is 87.2 Å². The Kier molecular flexibility index (Phi) is 4.15. The van der Waals surface area contributed by atoms with Gasteiger partial charge in [-0.05, 0) is 40.5 Å². The largest absolute Gasteiger partial charge is 0.384 e. The zero-order valence-electron chi connectivity index (χ0n) is 10.4. The highest BCUT2D eigenvalue weighted by atomic mass is 79.9. The maximum absolute atomic E-state index is 11.6. The molecule has 0 radical (unpaired) electrons. The SMILES string of the molecule is N=C(N)c1ccc(N2CCCS(=O)(=O)CC2)c(Br)c1. The van der Waals surface area contributed by atoms with Gasteiger partial charge in [0.25, 0.3) is 0 Å². The van der Waals surface area contributed by atoms with E-state index in [9.17, 15) is 8.42 Å². The number of rotatable bonds is 2. The summed E-state index contributed by atoms with van der Waals surface area (Å²) in [5, 5.41) is 7.40. The molecular formula is C12H16BrN3O2S. The van der Waals surface area contributed by atoms with Gasteiger partial charge in [-0.15, -0.1) is 0 Å². The maximum atomic E-state index is 11.6. The molecule has 1 aromatic carbocycles. The van der Waals surface area contributed by atoms with E-state index in [1.54, 1.807) is 12.1 Å². The van der Waals surface area contributed by atoms with Crippen LogP contribution in [-0.4, -0.2) is 38.8 Å². The molecule has 0 spiro atoms. The number of nitrogen functional groups attached to an aromatic ring is 1. The van der Waals surface area contributed by atoms with E-state index in [1.807, 2.05) is 6.07 Å². The smallest absolute Gasteiger partial charge is 0.152 e. The molecule has 1 aromatic rings. The minimum atomic E-state index is -2.91. The number of hydrogen-bond acceptors (Lipinski definition) is 4. The third-order valence-electron chi connectivity index (χ3n) is 3.15. The Balaban J connectivity index is 2.25. The summed E-state index contributed by atoms with van der Waals surface area (Å²) in [7, 11) is -2.91. The highest BCUT2D eigenvalue weighted by molar-refractivity contribution is 9.10. The molecule has 0 amide bonds. The van der Waals surface area contributed by atoms with Crippen molar-refractivity contribution in [2.75, 3.05) is 29.5 Å². The van der Waals surface area contributed by atoms with E-state index < -0.39 is 9.84 Å². The third-order valence-corrected chi connectivity index (χ3v) is 5.51. The lowest BCUT2D eigenvalue weighted by atomic mass is 10.2. The van der Waals surface area contributed by atoms with Gasteiger partial charge in [0.05, 0.1) is 17.2 Å². The fourth-order valence-electron chi connectivity index (χ4n) is 2.11. The lowest BCUT2D eigenvalue weighted by molar-refractivity contribution is 0.597. The Hall–Kier alpha value is -1.08. The summed E-state index contributed by atoms with van der Waals surface area (Å²) in [4.78, 5) is 2.05. The summed E-state index contributed by atoms with van der Waals surface area (Å²) >= 11 is 3.46. The molecule has 1 saturated heterocycles. The van der Waals surface area contributed by atoms with E-state index in [-0.39, 0.29) is 17.3 Å². The molecule has 1 aliphatic heterocycles. The molecule has 2 rings (SSSR count). The summed E-state index contributed by atoms with van der Waals surface area (Å²) in [6.07, 6.45) is 0.642. The first-order chi connectivity index (χ1) is 8.89. The fraction of sp³-hybridized carbons (Fsp3) is 0.417. The van der Waals surface area contributed by atoms with Crippen molar-refractivity contribution < 1.29 is 8.42 Å². The van der Waals surface area contributed by atoms with Crippen molar-refractivity contribution in [3.05, 3.63) is 28.2 Å². The number of anilines is 1. The van der Waals surface area contributed by atoms with E-state index in [0.29, 0.717) is 18.5 Å². The van der Waals surface area contributed by atoms with Crippen LogP contribution in [0.4, 0.5) is 5.69 Å². The molecule has 1 heterocycles. The first kappa shape index (κ1) is 14.3. The number of halogens is 1. The fourth-order valence-corrected chi connectivity index (χ4v) is 4.01. The van der Waals surface area contributed by atoms with E-state index in [2.05, 4.69) is 20.8 Å². The highest BCUT2D eigenvalue weighted by Gasteiger charge is 2.20. The number of nitrogens with two attached hydrogens (primary N) is 1. The average Bonchev–Trinajstić information content (AvgIpc) is 2.50. The molecule has 0 atom stereocenters. The van der Waals surface area contributed by atoms with Gasteiger partial charge < -0.3 is 10.6 Å². The van der Waals surface area contributed by atoms with Gasteiger partial charge in [0.2, 0.25) is 0 Å². The molecule has 5 nitrogen and oxygen atoms in total. The van der Waals surface area contributed by atoms with Crippen molar-refractivity contribution >= 4 is 37.3 Å². The van der Waals surface area contributed by atoms with Crippen LogP contribution < -0.4 is 10.6 Å². The van der Waals surface area contributed by atoms with Crippen LogP contribution in [0.3, 0.4) is 0 Å². The zero-order chi connectivity index (χ0) is 14.0. The summed E-state index contributed by atoms with van der Waals surface area (Å²) in [5.41, 5.74) is 7.04. The molecule has 1 aliphatic rings. The van der Waals surface area contributed by atoms with Crippen LogP contribution in [0, 0.1) is 5.41 Å². The predicted molar refractivity (Wildman–Crippen MR) is 80.6 cm³/mol. The average molecular weight is 346 g/mol. The molecule has 3 N–H and O–H groups in total. The van der Waals surface area contributed by atoms with Gasteiger partial charge in [0.15, 0.2) is 9.84 Å². The van der Waals surface area contributed by atoms with Crippen LogP contribution in [0.5, 0.6) is 0 Å². The first-order valence-electron chi connectivity index (χ1n) is 5.98. The molecule has 0 aromatic heterocycles. The molecule has 0 unspecified atom stereocenters. The number of nitrogens with one attached hydrogen (secondary N) is 1. The Morgan fingerprint density at radius 3 is 2.68 bits per heavy atom. The normalized spacial score (nSPS) is 18.9. The molecule has 7 heteroatoms. The number of nitrogens with zero attached hydrogens (tertiary/aromatic N) is 1. The monoisotopic (exact) mass is 345 g/mol. The first-order valence-corrected chi connectivity index (χ1v) is 8.60. The van der Waals surface area contributed by atoms with Crippen LogP contribution >= 0.6 is 15.9 Å². The Bertz CT molecular complexity index is 601. The number of sulfone groups is 1. The summed E-state index contributed by atoms with van der Waals surface area (Å²) < 4.78 is 24.0. The predicted octanol–water partition coefficient (Wildman–Crippen LogP) is 1.36. The summed E-state index contributed by atoms with van der Waals surface area (Å²) in [6.45, 7) is 1.22. The van der Waals surface area contributed by atoms with E-state index in [0.717, 1.165) is 16.7 Å². The van der Waals surface area contributed by atoms with Gasteiger partial charge in [0.1, 0.15) is 5.84 Å². The van der Waals surface area contributed by atoms with Crippen molar-refractivity contribution in [3.63, 3.8) is 0 Å². The third kappa shape index (κ3) is 3.48. The maximum Gasteiger partial charge on any atom is 0.152 e. The second-order valence-electron chi connectivity index (χ2n) is 4.57. The number of amidine groups is 1. The molecule has 104 valence electrons. The van der Waals surface area contributed by atoms with Crippen molar-refractivity contribution in [2.45, 2.75) is 6.42 Å². The van der Waals surface area contributed by atoms with Gasteiger partial charge in [-0.1, -0.05) is 0 Å². The standard InChI is InChI=1S/C12H16BrN3O2S/c13-10-8-9(12(14)15)2-3-11(10)16-4-1-6-19(17,18)7-5-16/h2-3,8H,1,4-7H2,(H3,14,15). The van der Waals surface area contributed by atoms with Crippen LogP contribution in [-0.2, 0) is 9.84 Å². The van der Waals surface area contributed by atoms with Gasteiger partial charge >= 0.3 is 0 Å². The van der Waals surface area contributed by atoms with Crippen LogP contribution in [0.2, 0.25) is 0 Å². The zero-order valence-corrected chi connectivity index (χ0v) is 12.8. The molecule has 0 bridgehead atoms. The van der Waals surface area contributed by atoms with Gasteiger partial charge in [-0.3, -0.25) is 5.41 Å². The minimum absolute atomic E-state index is 0.0192. The van der Waals surface area contributed by atoms with Crippen molar-refractivity contribution in [2.24, 2.45) is 5.73 Å². The molecular weight excluding hydrogens is 330 g/mol. The van der Waals surface area contributed by atoms with Crippen molar-refractivity contribution in [1.82, 2.24) is 0 Å². The molecule has 19 heavy (non-hydrogen) atoms. The van der Waals surface area contributed by atoms with Crippen LogP contribution in [0.1, 0.15) is 12.0 Å². The molecule has 1 fully saturated rings. The number of benzene rings is 1. The lowest BCUT2D eigenvalue weighted by Crippen LogP contribution is -2.27. The number of hydrogen-bond donors (Lipinski definition) is 2. The van der Waals surface area contributed by atoms with Crippen LogP contribution in [0.25, 0.3) is 0 Å². The molecule has 0 aliphatic carbocycles. The Labute approximate surface area is 121 Å². The van der Waals surface area contributed by atoms with Crippen LogP contribution in [0.15, 0.2) is 22.7 Å². The van der Waals surface area contributed by atoms with E-state index in [4.69, 9.17) is 11.1 Å². The van der Waals surface area contributed by atoms with E-state index >= 15 is 0 Å². The van der Waals surface area contributed by atoms with Gasteiger partial charge in [-0.2, -0.15) is 0 Å². The Morgan fingerprint density at radius 2 is 2.05 bits per heavy atom. The lowest BCUT2D eigenvalue weighted by Gasteiger charge is -2.23. The van der Waals surface area contributed by atoms with E-state index in [1.165, 1.54) is 0 Å².